The third-order valence-corrected chi connectivity index (χ3v) is 6.16. The van der Waals surface area contributed by atoms with Gasteiger partial charge in [0.1, 0.15) is 6.04 Å². The van der Waals surface area contributed by atoms with Crippen LogP contribution < -0.4 is 5.32 Å². The van der Waals surface area contributed by atoms with E-state index in [1.807, 2.05) is 80.7 Å². The van der Waals surface area contributed by atoms with Crippen molar-refractivity contribution in [2.24, 2.45) is 0 Å². The molecule has 7 nitrogen and oxygen atoms in total. The lowest BCUT2D eigenvalue weighted by Gasteiger charge is -2.16. The lowest BCUT2D eigenvalue weighted by Crippen LogP contribution is -2.42. The quantitative estimate of drug-likeness (QED) is 0.284. The lowest BCUT2D eigenvalue weighted by molar-refractivity contribution is -0.146. The van der Waals surface area contributed by atoms with Crippen LogP contribution in [0.15, 0.2) is 66.9 Å². The van der Waals surface area contributed by atoms with Gasteiger partial charge in [0.25, 0.3) is 0 Å². The Morgan fingerprint density at radius 2 is 1.74 bits per heavy atom. The molecule has 0 unspecified atom stereocenters. The van der Waals surface area contributed by atoms with E-state index in [4.69, 9.17) is 4.74 Å². The van der Waals surface area contributed by atoms with Gasteiger partial charge in [0, 0.05) is 53.9 Å². The molecule has 4 aromatic rings. The number of aromatic nitrogens is 2. The van der Waals surface area contributed by atoms with Gasteiger partial charge in [0.05, 0.1) is 0 Å². The summed E-state index contributed by atoms with van der Waals surface area (Å²) in [4.78, 5) is 40.7. The fraction of sp³-hybridized carbons (Fsp3) is 0.250. The molecule has 4 rings (SSSR count). The molecule has 0 radical (unpaired) electrons. The van der Waals surface area contributed by atoms with Crippen molar-refractivity contribution in [3.05, 3.63) is 94.9 Å². The molecule has 0 saturated heterocycles. The van der Waals surface area contributed by atoms with E-state index in [2.05, 4.69) is 14.9 Å². The maximum atomic E-state index is 12.9. The van der Waals surface area contributed by atoms with Crippen LogP contribution in [0.3, 0.4) is 0 Å². The number of benzene rings is 2. The number of carbonyl (C=O) groups excluding carboxylic acids is 3. The van der Waals surface area contributed by atoms with Gasteiger partial charge in [-0.15, -0.1) is 0 Å². The highest BCUT2D eigenvalue weighted by atomic mass is 16.5. The van der Waals surface area contributed by atoms with Gasteiger partial charge in [-0.1, -0.05) is 48.5 Å². The largest absolute Gasteiger partial charge is 0.456 e. The van der Waals surface area contributed by atoms with Gasteiger partial charge in [0.2, 0.25) is 11.7 Å². The summed E-state index contributed by atoms with van der Waals surface area (Å²) in [5, 5.41) is 3.63. The van der Waals surface area contributed by atoms with Gasteiger partial charge in [-0.2, -0.15) is 0 Å². The molecule has 0 aliphatic heterocycles. The number of aromatic amines is 1. The summed E-state index contributed by atoms with van der Waals surface area (Å²) >= 11 is 0. The first-order valence-electron chi connectivity index (χ1n) is 11.6. The van der Waals surface area contributed by atoms with Gasteiger partial charge in [-0.25, -0.2) is 4.79 Å². The van der Waals surface area contributed by atoms with Crippen LogP contribution in [0.4, 0.5) is 0 Å². The van der Waals surface area contributed by atoms with E-state index in [0.717, 1.165) is 33.4 Å². The molecule has 0 aliphatic carbocycles. The number of aryl methyl sites for hydroxylation is 1. The number of carbonyl (C=O) groups is 3. The zero-order valence-electron chi connectivity index (χ0n) is 20.1. The number of para-hydroxylation sites is 1. The number of nitrogens with one attached hydrogen (secondary N) is 2. The van der Waals surface area contributed by atoms with Crippen molar-refractivity contribution < 1.29 is 19.1 Å². The Balaban J connectivity index is 1.44. The number of ketones is 1. The average Bonchev–Trinajstić information content (AvgIpc) is 3.38. The fourth-order valence-corrected chi connectivity index (χ4v) is 4.37. The molecule has 0 saturated carbocycles. The number of hydrogen-bond acceptors (Lipinski definition) is 4. The van der Waals surface area contributed by atoms with Crippen LogP contribution >= 0.6 is 0 Å². The molecular formula is C28H29N3O4. The van der Waals surface area contributed by atoms with E-state index in [9.17, 15) is 14.4 Å². The molecule has 1 atom stereocenters. The Hall–Kier alpha value is -4.13. The van der Waals surface area contributed by atoms with E-state index >= 15 is 0 Å². The minimum atomic E-state index is -0.898. The van der Waals surface area contributed by atoms with Gasteiger partial charge in [-0.3, -0.25) is 9.59 Å². The summed E-state index contributed by atoms with van der Waals surface area (Å²) in [6.45, 7) is 5.45. The van der Waals surface area contributed by atoms with E-state index in [1.54, 1.807) is 0 Å². The summed E-state index contributed by atoms with van der Waals surface area (Å²) in [5.41, 5.74) is 5.26. The number of fused-ring (bicyclic) bond motifs is 1. The third-order valence-electron chi connectivity index (χ3n) is 6.16. The number of Topliss-reactive ketones (excluding diaryl/α,β-unsaturated/α-hetero) is 1. The monoisotopic (exact) mass is 471 g/mol. The Morgan fingerprint density at radius 1 is 1.03 bits per heavy atom. The van der Waals surface area contributed by atoms with Gasteiger partial charge < -0.3 is 19.6 Å². The molecule has 0 bridgehead atoms. The van der Waals surface area contributed by atoms with Crippen LogP contribution in [-0.4, -0.2) is 39.9 Å². The molecule has 2 aromatic heterocycles. The number of ether oxygens (including phenoxy) is 1. The smallest absolute Gasteiger partial charge is 0.329 e. The average molecular weight is 472 g/mol. The topological polar surface area (TPSA) is 93.2 Å². The molecule has 0 fully saturated rings. The molecule has 1 amide bonds. The van der Waals surface area contributed by atoms with Crippen LogP contribution in [-0.2, 0) is 27.3 Å². The second-order valence-electron chi connectivity index (χ2n) is 8.70. The Labute approximate surface area is 204 Å². The number of nitrogens with zero attached hydrogens (tertiary/aromatic N) is 1. The second kappa shape index (κ2) is 10.4. The van der Waals surface area contributed by atoms with Gasteiger partial charge >= 0.3 is 5.97 Å². The van der Waals surface area contributed by atoms with Crippen molar-refractivity contribution in [2.45, 2.75) is 39.8 Å². The van der Waals surface area contributed by atoms with Crippen LogP contribution in [0, 0.1) is 13.8 Å². The first-order valence-corrected chi connectivity index (χ1v) is 11.6. The zero-order chi connectivity index (χ0) is 24.9. The molecule has 35 heavy (non-hydrogen) atoms. The summed E-state index contributed by atoms with van der Waals surface area (Å²) in [6.07, 6.45) is 2.07. The third kappa shape index (κ3) is 5.51. The zero-order valence-corrected chi connectivity index (χ0v) is 20.1. The molecule has 7 heteroatoms. The van der Waals surface area contributed by atoms with Gasteiger partial charge in [0.15, 0.2) is 6.61 Å². The summed E-state index contributed by atoms with van der Waals surface area (Å²) in [6, 6.07) is 18.7. The van der Waals surface area contributed by atoms with Crippen molar-refractivity contribution >= 4 is 28.6 Å². The van der Waals surface area contributed by atoms with Crippen molar-refractivity contribution in [1.82, 2.24) is 14.9 Å². The predicted molar refractivity (Wildman–Crippen MR) is 134 cm³/mol. The molecule has 180 valence electrons. The van der Waals surface area contributed by atoms with E-state index in [1.165, 1.54) is 6.92 Å². The van der Waals surface area contributed by atoms with E-state index in [-0.39, 0.29) is 18.1 Å². The number of hydrogen-bond donors (Lipinski definition) is 2. The molecule has 2 N–H and O–H groups in total. The van der Waals surface area contributed by atoms with Crippen LogP contribution in [0.1, 0.15) is 39.8 Å². The minimum absolute atomic E-state index is 0.252. The summed E-state index contributed by atoms with van der Waals surface area (Å²) in [7, 11) is 0. The maximum absolute atomic E-state index is 12.9. The van der Waals surface area contributed by atoms with Crippen molar-refractivity contribution in [1.29, 1.82) is 0 Å². The van der Waals surface area contributed by atoms with Crippen molar-refractivity contribution in [3.63, 3.8) is 0 Å². The normalized spacial score (nSPS) is 11.9. The number of rotatable bonds is 9. The Morgan fingerprint density at radius 3 is 2.49 bits per heavy atom. The van der Waals surface area contributed by atoms with Crippen LogP contribution in [0.25, 0.3) is 10.9 Å². The Kier molecular flexibility index (Phi) is 7.15. The van der Waals surface area contributed by atoms with E-state index in [0.29, 0.717) is 12.1 Å². The fourth-order valence-electron chi connectivity index (χ4n) is 4.37. The van der Waals surface area contributed by atoms with Gasteiger partial charge in [-0.05, 0) is 37.1 Å². The first kappa shape index (κ1) is 24.0. The molecular weight excluding hydrogens is 442 g/mol. The first-order chi connectivity index (χ1) is 16.8. The number of H-pyrrole nitrogens is 1. The molecule has 2 heterocycles. The van der Waals surface area contributed by atoms with Crippen LogP contribution in [0.5, 0.6) is 0 Å². The standard InChI is InChI=1S/C28H29N3O4/c1-18-13-24(19(2)31(18)16-21-9-5-4-6-10-21)27(33)17-35-28(34)26(30-20(3)32)14-22-15-29-25-12-8-7-11-23(22)25/h4-13,15,26,29H,14,16-17H2,1-3H3,(H,30,32)/t26-/m1/s1. The van der Waals surface area contributed by atoms with Crippen molar-refractivity contribution in [2.75, 3.05) is 6.61 Å². The SMILES string of the molecule is CC(=O)N[C@H](Cc1c[nH]c2ccccc12)C(=O)OCC(=O)c1cc(C)n(Cc2ccccc2)c1C. The highest BCUT2D eigenvalue weighted by molar-refractivity contribution is 5.99. The highest BCUT2D eigenvalue weighted by Crippen LogP contribution is 2.20. The van der Waals surface area contributed by atoms with Crippen molar-refractivity contribution in [3.8, 4) is 0 Å². The summed E-state index contributed by atoms with van der Waals surface area (Å²) in [5.74, 6) is -1.26. The lowest BCUT2D eigenvalue weighted by atomic mass is 10.0. The summed E-state index contributed by atoms with van der Waals surface area (Å²) < 4.78 is 7.45. The van der Waals surface area contributed by atoms with Crippen LogP contribution in [0.2, 0.25) is 0 Å². The minimum Gasteiger partial charge on any atom is -0.456 e. The molecule has 0 spiro atoms. The Bertz CT molecular complexity index is 1370. The molecule has 0 aliphatic rings. The van der Waals surface area contributed by atoms with E-state index < -0.39 is 18.6 Å². The predicted octanol–water partition coefficient (Wildman–Crippen LogP) is 4.11. The number of amides is 1. The number of esters is 1. The second-order valence-corrected chi connectivity index (χ2v) is 8.70. The molecule has 2 aromatic carbocycles. The maximum Gasteiger partial charge on any atom is 0.329 e. The highest BCUT2D eigenvalue weighted by Gasteiger charge is 2.25.